The van der Waals surface area contributed by atoms with Gasteiger partial charge in [-0.05, 0) is 51.1 Å². The van der Waals surface area contributed by atoms with Gasteiger partial charge in [0.25, 0.3) is 0 Å². The summed E-state index contributed by atoms with van der Waals surface area (Å²) in [5.41, 5.74) is 1.15. The van der Waals surface area contributed by atoms with E-state index in [1.54, 1.807) is 0 Å². The van der Waals surface area contributed by atoms with Crippen LogP contribution in [0.5, 0.6) is 0 Å². The first-order valence-corrected chi connectivity index (χ1v) is 9.42. The van der Waals surface area contributed by atoms with Gasteiger partial charge in [0, 0.05) is 18.8 Å². The number of likely N-dealkylation sites (tertiary alicyclic amines) is 1. The minimum absolute atomic E-state index is 0.0481. The van der Waals surface area contributed by atoms with E-state index >= 15 is 0 Å². The molecule has 3 heterocycles. The number of hydrogen-bond acceptors (Lipinski definition) is 4. The van der Waals surface area contributed by atoms with Gasteiger partial charge in [-0.25, -0.2) is 0 Å². The van der Waals surface area contributed by atoms with Crippen LogP contribution in [0.2, 0.25) is 0 Å². The molecule has 2 saturated heterocycles. The Morgan fingerprint density at radius 3 is 2.96 bits per heavy atom. The van der Waals surface area contributed by atoms with E-state index < -0.39 is 0 Å². The van der Waals surface area contributed by atoms with Crippen LogP contribution in [0, 0.1) is 6.92 Å². The summed E-state index contributed by atoms with van der Waals surface area (Å²) in [5.74, 6) is -0.0985. The molecule has 2 atom stereocenters. The van der Waals surface area contributed by atoms with Gasteiger partial charge in [0.15, 0.2) is 0 Å². The predicted octanol–water partition coefficient (Wildman–Crippen LogP) is 0.831. The van der Waals surface area contributed by atoms with E-state index in [0.717, 1.165) is 50.8 Å². The van der Waals surface area contributed by atoms with Crippen LogP contribution in [-0.2, 0) is 16.1 Å². The zero-order valence-electron chi connectivity index (χ0n) is 15.0. The number of piperidine rings is 1. The van der Waals surface area contributed by atoms with Crippen LogP contribution in [0.25, 0.3) is 0 Å². The summed E-state index contributed by atoms with van der Waals surface area (Å²) >= 11 is 0. The summed E-state index contributed by atoms with van der Waals surface area (Å²) in [6, 6.07) is -0.0613. The normalized spacial score (nSPS) is 25.2. The molecule has 2 amide bonds. The number of amides is 2. The molecule has 2 N–H and O–H groups in total. The summed E-state index contributed by atoms with van der Waals surface area (Å²) in [6.45, 7) is 4.84. The molecular formula is C18H29N5O2. The maximum Gasteiger partial charge on any atom is 0.242 e. The highest BCUT2D eigenvalue weighted by molar-refractivity contribution is 5.88. The maximum absolute atomic E-state index is 12.5. The monoisotopic (exact) mass is 347 g/mol. The molecule has 0 radical (unpaired) electrons. The number of nitrogens with zero attached hydrogens (tertiary/aromatic N) is 3. The van der Waals surface area contributed by atoms with Crippen molar-refractivity contribution in [3.63, 3.8) is 0 Å². The Morgan fingerprint density at radius 1 is 1.32 bits per heavy atom. The smallest absolute Gasteiger partial charge is 0.242 e. The number of hydrogen-bond donors (Lipinski definition) is 2. The van der Waals surface area contributed by atoms with Crippen LogP contribution >= 0.6 is 0 Å². The molecule has 7 heteroatoms. The van der Waals surface area contributed by atoms with Crippen molar-refractivity contribution in [3.05, 3.63) is 18.0 Å². The topological polar surface area (TPSA) is 79.3 Å². The molecule has 138 valence electrons. The van der Waals surface area contributed by atoms with Gasteiger partial charge in [-0.2, -0.15) is 5.10 Å². The summed E-state index contributed by atoms with van der Waals surface area (Å²) in [4.78, 5) is 26.7. The van der Waals surface area contributed by atoms with Gasteiger partial charge in [0.2, 0.25) is 11.8 Å². The average Bonchev–Trinajstić information content (AvgIpc) is 2.89. The lowest BCUT2D eigenvalue weighted by atomic mass is 10.0. The third-order valence-corrected chi connectivity index (χ3v) is 5.13. The van der Waals surface area contributed by atoms with E-state index in [1.165, 1.54) is 6.42 Å². The van der Waals surface area contributed by atoms with Gasteiger partial charge >= 0.3 is 0 Å². The fourth-order valence-corrected chi connectivity index (χ4v) is 3.76. The number of aryl methyl sites for hydroxylation is 1. The predicted molar refractivity (Wildman–Crippen MR) is 95.0 cm³/mol. The molecule has 25 heavy (non-hydrogen) atoms. The minimum Gasteiger partial charge on any atom is -0.354 e. The van der Waals surface area contributed by atoms with Crippen molar-refractivity contribution in [2.24, 2.45) is 0 Å². The second kappa shape index (κ2) is 8.47. The summed E-state index contributed by atoms with van der Waals surface area (Å²) in [7, 11) is 0. The van der Waals surface area contributed by atoms with Crippen LogP contribution in [0.3, 0.4) is 0 Å². The lowest BCUT2D eigenvalue weighted by Crippen LogP contribution is -2.51. The Kier molecular flexibility index (Phi) is 6.07. The molecule has 2 unspecified atom stereocenters. The highest BCUT2D eigenvalue weighted by Crippen LogP contribution is 2.18. The molecule has 3 rings (SSSR count). The summed E-state index contributed by atoms with van der Waals surface area (Å²) in [5, 5.41) is 10.2. The van der Waals surface area contributed by atoms with Crippen molar-refractivity contribution < 1.29 is 9.59 Å². The van der Waals surface area contributed by atoms with Crippen LogP contribution in [0.1, 0.15) is 44.1 Å². The van der Waals surface area contributed by atoms with Gasteiger partial charge in [-0.3, -0.25) is 19.2 Å². The first-order valence-electron chi connectivity index (χ1n) is 9.42. The molecule has 7 nitrogen and oxygen atoms in total. The van der Waals surface area contributed by atoms with Crippen LogP contribution in [0.15, 0.2) is 12.4 Å². The number of rotatable bonds is 5. The van der Waals surface area contributed by atoms with E-state index in [-0.39, 0.29) is 17.9 Å². The minimum atomic E-state index is -0.382. The Morgan fingerprint density at radius 2 is 2.16 bits per heavy atom. The van der Waals surface area contributed by atoms with Gasteiger partial charge in [-0.1, -0.05) is 6.42 Å². The highest BCUT2D eigenvalue weighted by atomic mass is 16.2. The van der Waals surface area contributed by atoms with Crippen LogP contribution < -0.4 is 10.6 Å². The Hall–Kier alpha value is -1.89. The molecule has 2 aliphatic rings. The lowest BCUT2D eigenvalue weighted by Gasteiger charge is -2.35. The number of carbonyl (C=O) groups is 2. The average molecular weight is 347 g/mol. The molecule has 1 aromatic heterocycles. The Labute approximate surface area is 149 Å². The first kappa shape index (κ1) is 17.9. The molecule has 1 aromatic rings. The SMILES string of the molecule is Cc1cnn(CC2CCCCN2CC(=O)NC2CCCCNC2=O)c1. The van der Waals surface area contributed by atoms with Crippen LogP contribution in [-0.4, -0.2) is 58.2 Å². The summed E-state index contributed by atoms with van der Waals surface area (Å²) < 4.78 is 1.97. The van der Waals surface area contributed by atoms with Crippen molar-refractivity contribution in [1.82, 2.24) is 25.3 Å². The maximum atomic E-state index is 12.5. The number of nitrogens with one attached hydrogen (secondary N) is 2. The van der Waals surface area contributed by atoms with E-state index in [2.05, 4.69) is 20.6 Å². The van der Waals surface area contributed by atoms with Gasteiger partial charge in [0.1, 0.15) is 6.04 Å². The molecule has 0 aromatic carbocycles. The third-order valence-electron chi connectivity index (χ3n) is 5.13. The van der Waals surface area contributed by atoms with Crippen LogP contribution in [0.4, 0.5) is 0 Å². The first-order chi connectivity index (χ1) is 12.1. The molecule has 2 fully saturated rings. The number of carbonyl (C=O) groups excluding carboxylic acids is 2. The van der Waals surface area contributed by atoms with E-state index in [0.29, 0.717) is 19.1 Å². The second-order valence-electron chi connectivity index (χ2n) is 7.27. The van der Waals surface area contributed by atoms with E-state index in [1.807, 2.05) is 24.0 Å². The zero-order valence-corrected chi connectivity index (χ0v) is 15.0. The van der Waals surface area contributed by atoms with Gasteiger partial charge in [0.05, 0.1) is 19.3 Å². The zero-order chi connectivity index (χ0) is 17.6. The van der Waals surface area contributed by atoms with Crippen molar-refractivity contribution in [2.75, 3.05) is 19.6 Å². The highest BCUT2D eigenvalue weighted by Gasteiger charge is 2.27. The Balaban J connectivity index is 1.55. The second-order valence-corrected chi connectivity index (χ2v) is 7.27. The molecule has 0 spiro atoms. The van der Waals surface area contributed by atoms with E-state index in [9.17, 15) is 9.59 Å². The van der Waals surface area contributed by atoms with Gasteiger partial charge < -0.3 is 10.6 Å². The van der Waals surface area contributed by atoms with E-state index in [4.69, 9.17) is 0 Å². The van der Waals surface area contributed by atoms with Crippen molar-refractivity contribution in [3.8, 4) is 0 Å². The summed E-state index contributed by atoms with van der Waals surface area (Å²) in [6.07, 6.45) is 9.97. The van der Waals surface area contributed by atoms with Crippen molar-refractivity contribution in [2.45, 2.75) is 64.1 Å². The molecular weight excluding hydrogens is 318 g/mol. The third kappa shape index (κ3) is 5.04. The molecule has 0 bridgehead atoms. The molecule has 0 saturated carbocycles. The lowest BCUT2D eigenvalue weighted by molar-refractivity contribution is -0.130. The fourth-order valence-electron chi connectivity index (χ4n) is 3.76. The molecule has 2 aliphatic heterocycles. The number of aromatic nitrogens is 2. The fraction of sp³-hybridized carbons (Fsp3) is 0.722. The largest absolute Gasteiger partial charge is 0.354 e. The molecule has 0 aliphatic carbocycles. The van der Waals surface area contributed by atoms with Crippen molar-refractivity contribution in [1.29, 1.82) is 0 Å². The quantitative estimate of drug-likeness (QED) is 0.827. The van der Waals surface area contributed by atoms with Crippen molar-refractivity contribution >= 4 is 11.8 Å². The standard InChI is InChI=1S/C18H29N5O2/c1-14-10-20-23(11-14)12-15-6-3-5-9-22(15)13-17(24)21-16-7-2-4-8-19-18(16)25/h10-11,15-16H,2-9,12-13H2,1H3,(H,19,25)(H,21,24). The Bertz CT molecular complexity index is 600. The van der Waals surface area contributed by atoms with Gasteiger partial charge in [-0.15, -0.1) is 0 Å².